The molecule has 0 aliphatic rings. The van der Waals surface area contributed by atoms with Gasteiger partial charge in [-0.25, -0.2) is 5.43 Å². The van der Waals surface area contributed by atoms with Crippen molar-refractivity contribution in [2.24, 2.45) is 5.10 Å². The number of hydrazone groups is 1. The first-order chi connectivity index (χ1) is 14.4. The number of nitro groups is 1. The van der Waals surface area contributed by atoms with E-state index in [-0.39, 0.29) is 18.1 Å². The number of non-ortho nitro benzene ring substituents is 1. The number of ether oxygens (including phenoxy) is 2. The molecule has 152 valence electrons. The van der Waals surface area contributed by atoms with Crippen molar-refractivity contribution in [2.45, 2.75) is 0 Å². The first kappa shape index (κ1) is 20.9. The van der Waals surface area contributed by atoms with Gasteiger partial charge < -0.3 is 13.9 Å². The number of fused-ring (bicyclic) bond motifs is 1. The zero-order chi connectivity index (χ0) is 21.7. The van der Waals surface area contributed by atoms with Gasteiger partial charge in [0, 0.05) is 17.5 Å². The number of furan rings is 1. The van der Waals surface area contributed by atoms with Crippen LogP contribution in [0, 0.1) is 22.5 Å². The van der Waals surface area contributed by atoms with Gasteiger partial charge in [-0.3, -0.25) is 14.9 Å². The quantitative estimate of drug-likeness (QED) is 0.242. The van der Waals surface area contributed by atoms with Crippen LogP contribution in [-0.4, -0.2) is 30.8 Å². The predicted molar refractivity (Wildman–Crippen MR) is 113 cm³/mol. The lowest BCUT2D eigenvalue weighted by molar-refractivity contribution is -0.384. The zero-order valence-electron chi connectivity index (χ0n) is 15.5. The molecule has 0 unspecified atom stereocenters. The standard InChI is InChI=1S/C20H14BrN3O6/c1-3-6-29-19-15(21)7-12(8-17(19)28-2)11-22-23-20(25)18-10-13-9-14(24(26)27)4-5-16(13)30-18/h1,4-5,7-11H,6H2,2H3,(H,23,25)/b22-11-. The van der Waals surface area contributed by atoms with Crippen LogP contribution in [0.25, 0.3) is 11.0 Å². The van der Waals surface area contributed by atoms with E-state index in [0.717, 1.165) is 0 Å². The van der Waals surface area contributed by atoms with E-state index in [0.29, 0.717) is 32.5 Å². The van der Waals surface area contributed by atoms with Crippen LogP contribution in [0.2, 0.25) is 0 Å². The molecule has 30 heavy (non-hydrogen) atoms. The summed E-state index contributed by atoms with van der Waals surface area (Å²) in [7, 11) is 1.49. The average molecular weight is 472 g/mol. The summed E-state index contributed by atoms with van der Waals surface area (Å²) in [6.07, 6.45) is 6.61. The van der Waals surface area contributed by atoms with Gasteiger partial charge in [0.1, 0.15) is 12.2 Å². The fourth-order valence-corrected chi connectivity index (χ4v) is 3.12. The van der Waals surface area contributed by atoms with E-state index in [1.165, 1.54) is 37.6 Å². The number of nitro benzene ring substituents is 1. The van der Waals surface area contributed by atoms with Gasteiger partial charge in [0.05, 0.1) is 22.7 Å². The van der Waals surface area contributed by atoms with Crippen molar-refractivity contribution in [3.05, 3.63) is 62.3 Å². The maximum absolute atomic E-state index is 12.3. The van der Waals surface area contributed by atoms with E-state index in [4.69, 9.17) is 20.3 Å². The third-order valence-corrected chi connectivity index (χ3v) is 4.45. The normalized spacial score (nSPS) is 10.7. The number of methoxy groups -OCH3 is 1. The Balaban J connectivity index is 1.74. The molecular weight excluding hydrogens is 458 g/mol. The van der Waals surface area contributed by atoms with E-state index in [2.05, 4.69) is 32.4 Å². The van der Waals surface area contributed by atoms with E-state index < -0.39 is 10.8 Å². The summed E-state index contributed by atoms with van der Waals surface area (Å²) >= 11 is 3.38. The van der Waals surface area contributed by atoms with Crippen LogP contribution in [0.1, 0.15) is 16.1 Å². The van der Waals surface area contributed by atoms with E-state index in [1.54, 1.807) is 12.1 Å². The summed E-state index contributed by atoms with van der Waals surface area (Å²) < 4.78 is 16.7. The molecule has 0 saturated carbocycles. The number of nitrogens with zero attached hydrogens (tertiary/aromatic N) is 2. The maximum atomic E-state index is 12.3. The number of carbonyl (C=O) groups excluding carboxylic acids is 1. The Morgan fingerprint density at radius 3 is 2.90 bits per heavy atom. The summed E-state index contributed by atoms with van der Waals surface area (Å²) in [4.78, 5) is 22.6. The highest BCUT2D eigenvalue weighted by Gasteiger charge is 2.15. The van der Waals surface area contributed by atoms with Crippen LogP contribution < -0.4 is 14.9 Å². The molecule has 2 aromatic carbocycles. The summed E-state index contributed by atoms with van der Waals surface area (Å²) in [5.41, 5.74) is 3.22. The third kappa shape index (κ3) is 4.59. The molecule has 1 N–H and O–H groups in total. The second-order valence-electron chi connectivity index (χ2n) is 5.82. The Kier molecular flexibility index (Phi) is 6.34. The molecule has 0 fully saturated rings. The minimum atomic E-state index is -0.606. The van der Waals surface area contributed by atoms with Crippen molar-refractivity contribution < 1.29 is 23.6 Å². The molecule has 1 aromatic heterocycles. The number of hydrogen-bond acceptors (Lipinski definition) is 7. The molecule has 10 heteroatoms. The molecular formula is C20H14BrN3O6. The fraction of sp³-hybridized carbons (Fsp3) is 0.100. The number of carbonyl (C=O) groups is 1. The molecule has 0 radical (unpaired) electrons. The van der Waals surface area contributed by atoms with E-state index in [9.17, 15) is 14.9 Å². The van der Waals surface area contributed by atoms with Gasteiger partial charge in [-0.1, -0.05) is 5.92 Å². The Morgan fingerprint density at radius 2 is 2.20 bits per heavy atom. The highest BCUT2D eigenvalue weighted by Crippen LogP contribution is 2.36. The Labute approximate surface area is 178 Å². The monoisotopic (exact) mass is 471 g/mol. The lowest BCUT2D eigenvalue weighted by Gasteiger charge is -2.11. The van der Waals surface area contributed by atoms with Gasteiger partial charge in [-0.15, -0.1) is 6.42 Å². The van der Waals surface area contributed by atoms with Gasteiger partial charge in [0.15, 0.2) is 17.3 Å². The molecule has 1 amide bonds. The number of nitrogens with one attached hydrogen (secondary N) is 1. The number of benzene rings is 2. The third-order valence-electron chi connectivity index (χ3n) is 3.87. The first-order valence-corrected chi connectivity index (χ1v) is 9.17. The van der Waals surface area contributed by atoms with Crippen LogP contribution in [0.15, 0.2) is 50.4 Å². The first-order valence-electron chi connectivity index (χ1n) is 8.38. The van der Waals surface area contributed by atoms with E-state index in [1.807, 2.05) is 0 Å². The minimum Gasteiger partial charge on any atom is -0.493 e. The number of halogens is 1. The highest BCUT2D eigenvalue weighted by atomic mass is 79.9. The van der Waals surface area contributed by atoms with Crippen LogP contribution in [0.3, 0.4) is 0 Å². The second kappa shape index (κ2) is 9.11. The Hall–Kier alpha value is -3.84. The topological polar surface area (TPSA) is 116 Å². The number of amides is 1. The summed E-state index contributed by atoms with van der Waals surface area (Å²) in [6.45, 7) is 0.0825. The molecule has 0 aliphatic heterocycles. The molecule has 9 nitrogen and oxygen atoms in total. The van der Waals surface area contributed by atoms with Gasteiger partial charge in [-0.05, 0) is 45.8 Å². The minimum absolute atomic E-state index is 0.0283. The van der Waals surface area contributed by atoms with Crippen LogP contribution in [0.5, 0.6) is 11.5 Å². The van der Waals surface area contributed by atoms with Crippen molar-refractivity contribution in [1.82, 2.24) is 5.43 Å². The van der Waals surface area contributed by atoms with E-state index >= 15 is 0 Å². The van der Waals surface area contributed by atoms with Crippen LogP contribution in [-0.2, 0) is 0 Å². The molecule has 0 saturated heterocycles. The van der Waals surface area contributed by atoms with Crippen molar-refractivity contribution in [1.29, 1.82) is 0 Å². The SMILES string of the molecule is C#CCOc1c(Br)cc(/C=N\NC(=O)c2cc3cc([N+](=O)[O-])ccc3o2)cc1OC. The van der Waals surface area contributed by atoms with Crippen molar-refractivity contribution in [2.75, 3.05) is 13.7 Å². The second-order valence-corrected chi connectivity index (χ2v) is 6.67. The number of rotatable bonds is 7. The van der Waals surface area contributed by atoms with Gasteiger partial charge in [0.25, 0.3) is 5.69 Å². The zero-order valence-corrected chi connectivity index (χ0v) is 17.1. The molecule has 1 heterocycles. The van der Waals surface area contributed by atoms with Crippen molar-refractivity contribution in [3.8, 4) is 23.8 Å². The van der Waals surface area contributed by atoms with Crippen molar-refractivity contribution >= 4 is 44.7 Å². The average Bonchev–Trinajstić information content (AvgIpc) is 3.16. The Morgan fingerprint density at radius 1 is 1.40 bits per heavy atom. The predicted octanol–water partition coefficient (Wildman–Crippen LogP) is 3.89. The molecule has 3 aromatic rings. The smallest absolute Gasteiger partial charge is 0.307 e. The molecule has 0 spiro atoms. The number of hydrogen-bond donors (Lipinski definition) is 1. The highest BCUT2D eigenvalue weighted by molar-refractivity contribution is 9.10. The summed E-state index contributed by atoms with van der Waals surface area (Å²) in [5, 5.41) is 15.2. The van der Waals surface area contributed by atoms with Crippen LogP contribution in [0.4, 0.5) is 5.69 Å². The lowest BCUT2D eigenvalue weighted by Crippen LogP contribution is -2.16. The number of terminal acetylenes is 1. The van der Waals surface area contributed by atoms with Crippen LogP contribution >= 0.6 is 15.9 Å². The Bertz CT molecular complexity index is 1200. The molecule has 0 aliphatic carbocycles. The van der Waals surface area contributed by atoms with Crippen molar-refractivity contribution in [3.63, 3.8) is 0 Å². The summed E-state index contributed by atoms with van der Waals surface area (Å²) in [5.74, 6) is 2.63. The fourth-order valence-electron chi connectivity index (χ4n) is 2.54. The molecule has 0 bridgehead atoms. The largest absolute Gasteiger partial charge is 0.493 e. The lowest BCUT2D eigenvalue weighted by atomic mass is 10.2. The van der Waals surface area contributed by atoms with Gasteiger partial charge in [-0.2, -0.15) is 5.10 Å². The maximum Gasteiger partial charge on any atom is 0.307 e. The summed E-state index contributed by atoms with van der Waals surface area (Å²) in [6, 6.07) is 8.84. The van der Waals surface area contributed by atoms with Gasteiger partial charge >= 0.3 is 5.91 Å². The van der Waals surface area contributed by atoms with Gasteiger partial charge in [0.2, 0.25) is 0 Å². The molecule has 3 rings (SSSR count). The molecule has 0 atom stereocenters.